The fourth-order valence-corrected chi connectivity index (χ4v) is 1.69. The van der Waals surface area contributed by atoms with Crippen molar-refractivity contribution >= 4 is 6.29 Å². The maximum Gasteiger partial charge on any atom is 0.165 e. The summed E-state index contributed by atoms with van der Waals surface area (Å²) in [5.41, 5.74) is 0.797. The summed E-state index contributed by atoms with van der Waals surface area (Å²) in [6, 6.07) is 0. The van der Waals surface area contributed by atoms with Crippen LogP contribution in [0.3, 0.4) is 0 Å². The Morgan fingerprint density at radius 1 is 1.00 bits per heavy atom. The summed E-state index contributed by atoms with van der Waals surface area (Å²) < 4.78 is 0. The Hall–Kier alpha value is -0.790. The van der Waals surface area contributed by atoms with Crippen LogP contribution in [0.2, 0.25) is 0 Å². The molecule has 94 valence electrons. The topological polar surface area (TPSA) is 20.3 Å². The molecule has 0 saturated heterocycles. The van der Waals surface area contributed by atoms with Crippen LogP contribution in [0.5, 0.6) is 0 Å². The lowest BCUT2D eigenvalue weighted by molar-refractivity contribution is -0.105. The zero-order chi connectivity index (χ0) is 12.2. The molecule has 0 radical (unpaired) electrons. The van der Waals surface area contributed by atoms with E-state index in [2.05, 4.69) is 6.92 Å². The predicted molar refractivity (Wildman–Crippen MR) is 70.4 cm³/mol. The largest absolute Gasteiger partial charge is 0.375 e. The zero-order valence-electron chi connectivity index (χ0n) is 11.2. The summed E-state index contributed by atoms with van der Waals surface area (Å²) in [4.78, 5) is 12.5. The zero-order valence-corrected chi connectivity index (χ0v) is 11.2. The van der Waals surface area contributed by atoms with Gasteiger partial charge in [-0.2, -0.15) is 0 Å². The highest BCUT2D eigenvalue weighted by molar-refractivity contribution is 5.71. The highest BCUT2D eigenvalue weighted by Crippen LogP contribution is 2.09. The molecule has 16 heavy (non-hydrogen) atoms. The molecule has 0 saturated carbocycles. The van der Waals surface area contributed by atoms with Crippen LogP contribution in [-0.2, 0) is 4.79 Å². The number of carbonyl (C=O) groups excluding carboxylic acids is 1. The summed E-state index contributed by atoms with van der Waals surface area (Å²) in [6.07, 6.45) is 13.3. The molecular formula is C14H27NO. The van der Waals surface area contributed by atoms with Crippen molar-refractivity contribution in [2.45, 2.75) is 58.3 Å². The first-order valence-corrected chi connectivity index (χ1v) is 6.55. The molecular weight excluding hydrogens is 198 g/mol. The third kappa shape index (κ3) is 8.51. The number of carbonyl (C=O) groups is 1. The van der Waals surface area contributed by atoms with Gasteiger partial charge < -0.3 is 4.90 Å². The average Bonchev–Trinajstić information content (AvgIpc) is 2.26. The lowest BCUT2D eigenvalue weighted by Gasteiger charge is -2.10. The van der Waals surface area contributed by atoms with Gasteiger partial charge >= 0.3 is 0 Å². The number of rotatable bonds is 10. The number of hydrogen-bond donors (Lipinski definition) is 0. The van der Waals surface area contributed by atoms with E-state index < -0.39 is 0 Å². The van der Waals surface area contributed by atoms with Gasteiger partial charge in [0.05, 0.1) is 5.70 Å². The van der Waals surface area contributed by atoms with Gasteiger partial charge in [-0.15, -0.1) is 0 Å². The predicted octanol–water partition coefficient (Wildman–Crippen LogP) is 3.77. The Morgan fingerprint density at radius 2 is 1.56 bits per heavy atom. The molecule has 2 heteroatoms. The number of aldehydes is 1. The van der Waals surface area contributed by atoms with Crippen molar-refractivity contribution in [1.82, 2.24) is 4.90 Å². The van der Waals surface area contributed by atoms with Crippen molar-refractivity contribution in [2.75, 3.05) is 14.1 Å². The second-order valence-electron chi connectivity index (χ2n) is 4.55. The van der Waals surface area contributed by atoms with E-state index in [1.807, 2.05) is 25.1 Å². The molecule has 0 aliphatic heterocycles. The minimum absolute atomic E-state index is 0.797. The first-order valence-electron chi connectivity index (χ1n) is 6.55. The average molecular weight is 225 g/mol. The number of unbranched alkanes of at least 4 members (excludes halogenated alkanes) is 7. The molecule has 0 N–H and O–H groups in total. The summed E-state index contributed by atoms with van der Waals surface area (Å²) >= 11 is 0. The van der Waals surface area contributed by atoms with E-state index in [1.54, 1.807) is 0 Å². The second-order valence-corrected chi connectivity index (χ2v) is 4.55. The fourth-order valence-electron chi connectivity index (χ4n) is 1.69. The third-order valence-electron chi connectivity index (χ3n) is 2.80. The molecule has 0 atom stereocenters. The Bertz CT molecular complexity index is 197. The number of hydrogen-bond acceptors (Lipinski definition) is 2. The molecule has 0 unspecified atom stereocenters. The van der Waals surface area contributed by atoms with Gasteiger partial charge in [-0.1, -0.05) is 51.5 Å². The van der Waals surface area contributed by atoms with Crippen molar-refractivity contribution < 1.29 is 4.79 Å². The molecule has 0 aliphatic carbocycles. The quantitative estimate of drug-likeness (QED) is 0.320. The van der Waals surface area contributed by atoms with Crippen LogP contribution in [-0.4, -0.2) is 25.3 Å². The van der Waals surface area contributed by atoms with Gasteiger partial charge in [-0.3, -0.25) is 4.79 Å². The van der Waals surface area contributed by atoms with Crippen molar-refractivity contribution in [2.24, 2.45) is 0 Å². The maximum atomic E-state index is 10.7. The maximum absolute atomic E-state index is 10.7. The van der Waals surface area contributed by atoms with Crippen LogP contribution < -0.4 is 0 Å². The third-order valence-corrected chi connectivity index (χ3v) is 2.80. The van der Waals surface area contributed by atoms with Crippen LogP contribution >= 0.6 is 0 Å². The lowest BCUT2D eigenvalue weighted by atomic mass is 10.1. The van der Waals surface area contributed by atoms with Gasteiger partial charge in [0.1, 0.15) is 0 Å². The summed E-state index contributed by atoms with van der Waals surface area (Å²) in [6.45, 7) is 2.24. The molecule has 0 aromatic carbocycles. The number of likely N-dealkylation sites (N-methyl/N-ethyl adjacent to an activating group) is 1. The van der Waals surface area contributed by atoms with E-state index in [0.29, 0.717) is 0 Å². The molecule has 0 rings (SSSR count). The van der Waals surface area contributed by atoms with Crippen molar-refractivity contribution in [3.8, 4) is 0 Å². The van der Waals surface area contributed by atoms with E-state index in [0.717, 1.165) is 18.4 Å². The van der Waals surface area contributed by atoms with Gasteiger partial charge in [0.2, 0.25) is 0 Å². The fraction of sp³-hybridized carbons (Fsp3) is 0.786. The van der Waals surface area contributed by atoms with E-state index in [9.17, 15) is 4.79 Å². The van der Waals surface area contributed by atoms with Gasteiger partial charge in [-0.25, -0.2) is 0 Å². The van der Waals surface area contributed by atoms with E-state index in [1.165, 1.54) is 44.9 Å². The SMILES string of the molecule is CCCCCCCCCC=C(C=O)N(C)C. The lowest BCUT2D eigenvalue weighted by Crippen LogP contribution is -2.11. The molecule has 0 heterocycles. The van der Waals surface area contributed by atoms with Crippen LogP contribution in [0.25, 0.3) is 0 Å². The standard InChI is InChI=1S/C14H27NO/c1-4-5-6-7-8-9-10-11-12-14(13-16)15(2)3/h12-13H,4-11H2,1-3H3. The van der Waals surface area contributed by atoms with Crippen molar-refractivity contribution in [3.63, 3.8) is 0 Å². The van der Waals surface area contributed by atoms with Crippen molar-refractivity contribution in [3.05, 3.63) is 11.8 Å². The first-order chi connectivity index (χ1) is 7.72. The number of allylic oxidation sites excluding steroid dienone is 2. The monoisotopic (exact) mass is 225 g/mol. The normalized spacial score (nSPS) is 11.6. The summed E-state index contributed by atoms with van der Waals surface area (Å²) in [5, 5.41) is 0. The van der Waals surface area contributed by atoms with Crippen molar-refractivity contribution in [1.29, 1.82) is 0 Å². The Morgan fingerprint density at radius 3 is 2.06 bits per heavy atom. The Balaban J connectivity index is 3.41. The van der Waals surface area contributed by atoms with E-state index in [-0.39, 0.29) is 0 Å². The molecule has 0 amide bonds. The smallest absolute Gasteiger partial charge is 0.165 e. The highest BCUT2D eigenvalue weighted by atomic mass is 16.1. The van der Waals surface area contributed by atoms with E-state index >= 15 is 0 Å². The van der Waals surface area contributed by atoms with Gasteiger partial charge in [-0.05, 0) is 12.8 Å². The molecule has 0 spiro atoms. The molecule has 0 aliphatic rings. The molecule has 0 aromatic rings. The van der Waals surface area contributed by atoms with Crippen LogP contribution in [0.1, 0.15) is 58.3 Å². The Labute approximate surface area is 101 Å². The van der Waals surface area contributed by atoms with Gasteiger partial charge in [0, 0.05) is 14.1 Å². The Kier molecular flexibility index (Phi) is 10.2. The molecule has 0 fully saturated rings. The van der Waals surface area contributed by atoms with Gasteiger partial charge in [0.25, 0.3) is 0 Å². The van der Waals surface area contributed by atoms with Crippen LogP contribution in [0.4, 0.5) is 0 Å². The minimum atomic E-state index is 0.797. The van der Waals surface area contributed by atoms with Crippen LogP contribution in [0.15, 0.2) is 11.8 Å². The molecule has 0 bridgehead atoms. The van der Waals surface area contributed by atoms with Crippen LogP contribution in [0, 0.1) is 0 Å². The summed E-state index contributed by atoms with van der Waals surface area (Å²) in [5.74, 6) is 0. The number of nitrogens with zero attached hydrogens (tertiary/aromatic N) is 1. The summed E-state index contributed by atoms with van der Waals surface area (Å²) in [7, 11) is 3.82. The molecule has 0 aromatic heterocycles. The highest BCUT2D eigenvalue weighted by Gasteiger charge is 1.96. The second kappa shape index (κ2) is 10.7. The minimum Gasteiger partial charge on any atom is -0.375 e. The van der Waals surface area contributed by atoms with E-state index in [4.69, 9.17) is 0 Å². The molecule has 2 nitrogen and oxygen atoms in total. The van der Waals surface area contributed by atoms with Gasteiger partial charge in [0.15, 0.2) is 6.29 Å². The first kappa shape index (κ1) is 15.2.